The Balaban J connectivity index is 3.00. The Bertz CT molecular complexity index is 352. The number of pyridine rings is 1. The summed E-state index contributed by atoms with van der Waals surface area (Å²) in [5, 5.41) is 9.66. The number of nitrogens with zero attached hydrogens (tertiary/aromatic N) is 2. The van der Waals surface area contributed by atoms with Gasteiger partial charge in [0.1, 0.15) is 11.1 Å². The van der Waals surface area contributed by atoms with Crippen LogP contribution in [0.5, 0.6) is 0 Å². The molecule has 2 nitrogen and oxygen atoms in total. The average molecular weight is 190 g/mol. The summed E-state index contributed by atoms with van der Waals surface area (Å²) in [5.41, 5.74) is 1.65. The number of rotatable bonds is 3. The first-order chi connectivity index (χ1) is 6.29. The third-order valence-corrected chi connectivity index (χ3v) is 2.56. The molecular formula is C10H10N2S. The van der Waals surface area contributed by atoms with E-state index >= 15 is 0 Å². The highest BCUT2D eigenvalue weighted by Gasteiger charge is 2.05. The number of thioether (sulfide) groups is 1. The van der Waals surface area contributed by atoms with E-state index in [1.807, 2.05) is 13.0 Å². The first-order valence-electron chi connectivity index (χ1n) is 3.89. The molecular weight excluding hydrogens is 180 g/mol. The Morgan fingerprint density at radius 3 is 3.15 bits per heavy atom. The van der Waals surface area contributed by atoms with Gasteiger partial charge in [-0.2, -0.15) is 5.26 Å². The molecule has 0 N–H and O–H groups in total. The molecule has 0 aliphatic heterocycles. The molecule has 1 heterocycles. The van der Waals surface area contributed by atoms with E-state index in [-0.39, 0.29) is 0 Å². The third kappa shape index (κ3) is 2.33. The van der Waals surface area contributed by atoms with Crippen molar-refractivity contribution in [1.29, 1.82) is 5.26 Å². The molecule has 0 aromatic carbocycles. The van der Waals surface area contributed by atoms with Crippen LogP contribution in [0.1, 0.15) is 11.1 Å². The van der Waals surface area contributed by atoms with Crippen molar-refractivity contribution in [2.45, 2.75) is 11.9 Å². The Kier molecular flexibility index (Phi) is 3.53. The van der Waals surface area contributed by atoms with Crippen LogP contribution in [-0.4, -0.2) is 10.7 Å². The second-order valence-electron chi connectivity index (χ2n) is 2.52. The highest BCUT2D eigenvalue weighted by Crippen LogP contribution is 2.21. The topological polar surface area (TPSA) is 36.7 Å². The van der Waals surface area contributed by atoms with E-state index in [2.05, 4.69) is 17.6 Å². The normalized spacial score (nSPS) is 9.23. The predicted octanol–water partition coefficient (Wildman–Crippen LogP) is 2.54. The van der Waals surface area contributed by atoms with Crippen LogP contribution >= 0.6 is 11.8 Å². The van der Waals surface area contributed by atoms with Gasteiger partial charge in [-0.1, -0.05) is 6.08 Å². The van der Waals surface area contributed by atoms with Gasteiger partial charge in [-0.05, 0) is 18.6 Å². The molecule has 1 aromatic heterocycles. The molecule has 0 radical (unpaired) electrons. The lowest BCUT2D eigenvalue weighted by molar-refractivity contribution is 1.09. The van der Waals surface area contributed by atoms with E-state index in [0.717, 1.165) is 16.3 Å². The molecule has 0 bridgehead atoms. The standard InChI is InChI=1S/C10H10N2S/c1-3-6-13-10-9(7-11)8(2)4-5-12-10/h3-5H,1,6H2,2H3. The molecule has 0 aliphatic rings. The molecule has 13 heavy (non-hydrogen) atoms. The van der Waals surface area contributed by atoms with Gasteiger partial charge in [-0.3, -0.25) is 0 Å². The lowest BCUT2D eigenvalue weighted by Crippen LogP contribution is -1.90. The molecule has 0 saturated heterocycles. The van der Waals surface area contributed by atoms with Crippen LogP contribution in [0.25, 0.3) is 0 Å². The van der Waals surface area contributed by atoms with Crippen molar-refractivity contribution in [1.82, 2.24) is 4.98 Å². The van der Waals surface area contributed by atoms with E-state index in [9.17, 15) is 0 Å². The molecule has 66 valence electrons. The largest absolute Gasteiger partial charge is 0.249 e. The van der Waals surface area contributed by atoms with Crippen molar-refractivity contribution in [3.05, 3.63) is 36.0 Å². The van der Waals surface area contributed by atoms with Crippen molar-refractivity contribution in [3.8, 4) is 6.07 Å². The number of aryl methyl sites for hydroxylation is 1. The van der Waals surface area contributed by atoms with Crippen molar-refractivity contribution in [3.63, 3.8) is 0 Å². The molecule has 0 saturated carbocycles. The van der Waals surface area contributed by atoms with Crippen LogP contribution < -0.4 is 0 Å². The van der Waals surface area contributed by atoms with Crippen LogP contribution in [0.2, 0.25) is 0 Å². The van der Waals surface area contributed by atoms with Crippen molar-refractivity contribution < 1.29 is 0 Å². The maximum absolute atomic E-state index is 8.87. The summed E-state index contributed by atoms with van der Waals surface area (Å²) in [5.74, 6) is 0.783. The third-order valence-electron chi connectivity index (χ3n) is 1.57. The summed E-state index contributed by atoms with van der Waals surface area (Å²) >= 11 is 1.53. The summed E-state index contributed by atoms with van der Waals surface area (Å²) < 4.78 is 0. The Morgan fingerprint density at radius 2 is 2.54 bits per heavy atom. The summed E-state index contributed by atoms with van der Waals surface area (Å²) in [6, 6.07) is 4.00. The molecule has 0 aliphatic carbocycles. The Morgan fingerprint density at radius 1 is 1.77 bits per heavy atom. The fraction of sp³-hybridized carbons (Fsp3) is 0.200. The van der Waals surface area contributed by atoms with Crippen molar-refractivity contribution >= 4 is 11.8 Å². The van der Waals surface area contributed by atoms with Gasteiger partial charge in [0.05, 0.1) is 5.56 Å². The zero-order valence-electron chi connectivity index (χ0n) is 7.45. The average Bonchev–Trinajstić information content (AvgIpc) is 2.15. The lowest BCUT2D eigenvalue weighted by atomic mass is 10.2. The molecule has 3 heteroatoms. The highest BCUT2D eigenvalue weighted by molar-refractivity contribution is 7.99. The minimum absolute atomic E-state index is 0.675. The summed E-state index contributed by atoms with van der Waals surface area (Å²) in [6.45, 7) is 5.54. The van der Waals surface area contributed by atoms with Crippen LogP contribution in [0, 0.1) is 18.3 Å². The summed E-state index contributed by atoms with van der Waals surface area (Å²) in [6.07, 6.45) is 3.53. The number of hydrogen-bond acceptors (Lipinski definition) is 3. The maximum Gasteiger partial charge on any atom is 0.114 e. The van der Waals surface area contributed by atoms with Crippen LogP contribution in [-0.2, 0) is 0 Å². The first-order valence-corrected chi connectivity index (χ1v) is 4.87. The second-order valence-corrected chi connectivity index (χ2v) is 3.53. The van der Waals surface area contributed by atoms with Crippen LogP contribution in [0.15, 0.2) is 29.9 Å². The maximum atomic E-state index is 8.87. The molecule has 0 fully saturated rings. The smallest absolute Gasteiger partial charge is 0.114 e. The van der Waals surface area contributed by atoms with E-state index in [0.29, 0.717) is 5.56 Å². The zero-order valence-corrected chi connectivity index (χ0v) is 8.27. The fourth-order valence-electron chi connectivity index (χ4n) is 0.917. The lowest BCUT2D eigenvalue weighted by Gasteiger charge is -2.02. The molecule has 1 rings (SSSR count). The minimum Gasteiger partial charge on any atom is -0.249 e. The molecule has 0 atom stereocenters. The summed E-state index contributed by atoms with van der Waals surface area (Å²) in [7, 11) is 0. The van der Waals surface area contributed by atoms with Gasteiger partial charge < -0.3 is 0 Å². The second kappa shape index (κ2) is 4.68. The quantitative estimate of drug-likeness (QED) is 0.543. The molecule has 0 spiro atoms. The molecule has 0 amide bonds. The number of nitriles is 1. The van der Waals surface area contributed by atoms with Gasteiger partial charge >= 0.3 is 0 Å². The van der Waals surface area contributed by atoms with Gasteiger partial charge in [0.15, 0.2) is 0 Å². The number of hydrogen-bond donors (Lipinski definition) is 0. The van der Waals surface area contributed by atoms with E-state index in [4.69, 9.17) is 5.26 Å². The predicted molar refractivity (Wildman–Crippen MR) is 54.6 cm³/mol. The van der Waals surface area contributed by atoms with E-state index in [1.165, 1.54) is 11.8 Å². The monoisotopic (exact) mass is 190 g/mol. The van der Waals surface area contributed by atoms with Gasteiger partial charge in [-0.25, -0.2) is 4.98 Å². The van der Waals surface area contributed by atoms with E-state index < -0.39 is 0 Å². The Labute approximate surface area is 82.3 Å². The SMILES string of the molecule is C=CCSc1nccc(C)c1C#N. The molecule has 0 unspecified atom stereocenters. The zero-order chi connectivity index (χ0) is 9.68. The van der Waals surface area contributed by atoms with Crippen LogP contribution in [0.3, 0.4) is 0 Å². The van der Waals surface area contributed by atoms with Crippen molar-refractivity contribution in [2.75, 3.05) is 5.75 Å². The minimum atomic E-state index is 0.675. The van der Waals surface area contributed by atoms with E-state index in [1.54, 1.807) is 12.3 Å². The van der Waals surface area contributed by atoms with Crippen molar-refractivity contribution in [2.24, 2.45) is 0 Å². The van der Waals surface area contributed by atoms with Gasteiger partial charge in [0.2, 0.25) is 0 Å². The van der Waals surface area contributed by atoms with Gasteiger partial charge in [0.25, 0.3) is 0 Å². The molecule has 1 aromatic rings. The Hall–Kier alpha value is -1.27. The van der Waals surface area contributed by atoms with Crippen LogP contribution in [0.4, 0.5) is 0 Å². The fourth-order valence-corrected chi connectivity index (χ4v) is 1.68. The first kappa shape index (κ1) is 9.82. The number of aromatic nitrogens is 1. The van der Waals surface area contributed by atoms with Gasteiger partial charge in [0, 0.05) is 11.9 Å². The summed E-state index contributed by atoms with van der Waals surface area (Å²) in [4.78, 5) is 4.14. The van der Waals surface area contributed by atoms with Gasteiger partial charge in [-0.15, -0.1) is 18.3 Å². The highest BCUT2D eigenvalue weighted by atomic mass is 32.2.